The first-order valence-corrected chi connectivity index (χ1v) is 7.08. The Hall–Kier alpha value is -2.96. The number of ether oxygens (including phenoxy) is 1. The summed E-state index contributed by atoms with van der Waals surface area (Å²) in [5, 5.41) is 2.31. The molecule has 1 N–H and O–H groups in total. The van der Waals surface area contributed by atoms with E-state index in [4.69, 9.17) is 4.74 Å². The molecule has 0 aliphatic heterocycles. The number of anilines is 2. The van der Waals surface area contributed by atoms with Crippen LogP contribution in [0.4, 0.5) is 20.2 Å². The normalized spacial score (nSPS) is 10.2. The SMILES string of the molecule is COc1ccccc1N(CC(=O)Nc1ccc(F)cc1F)C(C)=O. The number of carbonyl (C=O) groups is 2. The minimum atomic E-state index is -0.894. The number of para-hydroxylation sites is 2. The second-order valence-corrected chi connectivity index (χ2v) is 4.95. The zero-order valence-electron chi connectivity index (χ0n) is 13.2. The number of benzene rings is 2. The van der Waals surface area contributed by atoms with E-state index in [0.717, 1.165) is 12.1 Å². The van der Waals surface area contributed by atoms with E-state index < -0.39 is 17.5 Å². The molecule has 7 heteroatoms. The summed E-state index contributed by atoms with van der Waals surface area (Å²) in [5.41, 5.74) is 0.257. The Bertz CT molecular complexity index is 765. The average Bonchev–Trinajstić information content (AvgIpc) is 2.55. The average molecular weight is 334 g/mol. The fourth-order valence-electron chi connectivity index (χ4n) is 2.14. The third kappa shape index (κ3) is 4.07. The number of hydrogen-bond acceptors (Lipinski definition) is 3. The molecule has 2 amide bonds. The van der Waals surface area contributed by atoms with Crippen molar-refractivity contribution < 1.29 is 23.1 Å². The van der Waals surface area contributed by atoms with Crippen molar-refractivity contribution >= 4 is 23.2 Å². The second kappa shape index (κ2) is 7.54. The van der Waals surface area contributed by atoms with Crippen LogP contribution in [-0.4, -0.2) is 25.5 Å². The minimum absolute atomic E-state index is 0.162. The van der Waals surface area contributed by atoms with E-state index in [2.05, 4.69) is 5.32 Å². The highest BCUT2D eigenvalue weighted by atomic mass is 19.1. The van der Waals surface area contributed by atoms with Gasteiger partial charge in [0.25, 0.3) is 0 Å². The monoisotopic (exact) mass is 334 g/mol. The molecule has 0 saturated carbocycles. The van der Waals surface area contributed by atoms with E-state index in [1.54, 1.807) is 24.3 Å². The zero-order valence-corrected chi connectivity index (χ0v) is 13.2. The summed E-state index contributed by atoms with van der Waals surface area (Å²) in [6.45, 7) is 0.963. The lowest BCUT2D eigenvalue weighted by molar-refractivity contribution is -0.120. The van der Waals surface area contributed by atoms with Gasteiger partial charge in [-0.1, -0.05) is 12.1 Å². The lowest BCUT2D eigenvalue weighted by Crippen LogP contribution is -2.37. The van der Waals surface area contributed by atoms with Crippen molar-refractivity contribution in [3.8, 4) is 5.75 Å². The minimum Gasteiger partial charge on any atom is -0.495 e. The highest BCUT2D eigenvalue weighted by Crippen LogP contribution is 2.27. The molecule has 2 aromatic carbocycles. The maximum absolute atomic E-state index is 13.6. The van der Waals surface area contributed by atoms with Crippen LogP contribution >= 0.6 is 0 Å². The van der Waals surface area contributed by atoms with E-state index in [0.29, 0.717) is 17.5 Å². The van der Waals surface area contributed by atoms with Gasteiger partial charge in [-0.2, -0.15) is 0 Å². The van der Waals surface area contributed by atoms with Gasteiger partial charge in [-0.05, 0) is 24.3 Å². The fraction of sp³-hybridized carbons (Fsp3) is 0.176. The molecule has 0 radical (unpaired) electrons. The van der Waals surface area contributed by atoms with Gasteiger partial charge in [-0.25, -0.2) is 8.78 Å². The summed E-state index contributed by atoms with van der Waals surface area (Å²) in [4.78, 5) is 25.2. The van der Waals surface area contributed by atoms with Crippen LogP contribution in [0.15, 0.2) is 42.5 Å². The molecular weight excluding hydrogens is 318 g/mol. The third-order valence-corrected chi connectivity index (χ3v) is 3.26. The number of carbonyl (C=O) groups excluding carboxylic acids is 2. The molecule has 0 spiro atoms. The van der Waals surface area contributed by atoms with Crippen LogP contribution in [0.1, 0.15) is 6.92 Å². The lowest BCUT2D eigenvalue weighted by Gasteiger charge is -2.22. The molecule has 0 aliphatic carbocycles. The smallest absolute Gasteiger partial charge is 0.244 e. The fourth-order valence-corrected chi connectivity index (χ4v) is 2.14. The van der Waals surface area contributed by atoms with Crippen LogP contribution in [0.25, 0.3) is 0 Å². The van der Waals surface area contributed by atoms with Crippen LogP contribution < -0.4 is 15.0 Å². The molecule has 0 fully saturated rings. The van der Waals surface area contributed by atoms with E-state index in [1.165, 1.54) is 18.9 Å². The van der Waals surface area contributed by atoms with Gasteiger partial charge in [0.05, 0.1) is 18.5 Å². The Labute approximate surface area is 137 Å². The third-order valence-electron chi connectivity index (χ3n) is 3.26. The van der Waals surface area contributed by atoms with Crippen molar-refractivity contribution in [1.29, 1.82) is 0 Å². The molecule has 126 valence electrons. The van der Waals surface area contributed by atoms with Crippen molar-refractivity contribution in [2.24, 2.45) is 0 Å². The first kappa shape index (κ1) is 17.4. The number of amides is 2. The summed E-state index contributed by atoms with van der Waals surface area (Å²) in [6, 6.07) is 9.53. The van der Waals surface area contributed by atoms with Crippen molar-refractivity contribution in [3.05, 3.63) is 54.1 Å². The Kier molecular flexibility index (Phi) is 5.47. The number of halogens is 2. The maximum Gasteiger partial charge on any atom is 0.244 e. The molecule has 0 bridgehead atoms. The number of hydrogen-bond donors (Lipinski definition) is 1. The van der Waals surface area contributed by atoms with Gasteiger partial charge in [0, 0.05) is 13.0 Å². The Balaban J connectivity index is 2.18. The summed E-state index contributed by atoms with van der Waals surface area (Å²) < 4.78 is 31.7. The largest absolute Gasteiger partial charge is 0.495 e. The van der Waals surface area contributed by atoms with Crippen molar-refractivity contribution in [2.75, 3.05) is 23.9 Å². The predicted molar refractivity (Wildman–Crippen MR) is 86.0 cm³/mol. The molecule has 2 rings (SSSR count). The predicted octanol–water partition coefficient (Wildman–Crippen LogP) is 2.97. The molecule has 2 aromatic rings. The Morgan fingerprint density at radius 3 is 2.50 bits per heavy atom. The van der Waals surface area contributed by atoms with Crippen LogP contribution in [-0.2, 0) is 9.59 Å². The molecule has 0 heterocycles. The van der Waals surface area contributed by atoms with Crippen LogP contribution in [0.3, 0.4) is 0 Å². The van der Waals surface area contributed by atoms with E-state index >= 15 is 0 Å². The number of nitrogens with zero attached hydrogens (tertiary/aromatic N) is 1. The zero-order chi connectivity index (χ0) is 17.7. The highest BCUT2D eigenvalue weighted by molar-refractivity contribution is 6.02. The van der Waals surface area contributed by atoms with E-state index in [-0.39, 0.29) is 18.1 Å². The topological polar surface area (TPSA) is 58.6 Å². The highest BCUT2D eigenvalue weighted by Gasteiger charge is 2.19. The number of methoxy groups -OCH3 is 1. The standard InChI is InChI=1S/C17H16F2N2O3/c1-11(22)21(15-5-3-4-6-16(15)24-2)10-17(23)20-14-8-7-12(18)9-13(14)19/h3-9H,10H2,1-2H3,(H,20,23). The van der Waals surface area contributed by atoms with Crippen molar-refractivity contribution in [3.63, 3.8) is 0 Å². The first-order valence-electron chi connectivity index (χ1n) is 7.08. The first-order chi connectivity index (χ1) is 11.4. The number of rotatable bonds is 5. The Morgan fingerprint density at radius 1 is 1.17 bits per heavy atom. The molecule has 0 aromatic heterocycles. The second-order valence-electron chi connectivity index (χ2n) is 4.95. The van der Waals surface area contributed by atoms with Gasteiger partial charge in [0.1, 0.15) is 23.9 Å². The summed E-state index contributed by atoms with van der Waals surface area (Å²) in [5.74, 6) is -2.22. The maximum atomic E-state index is 13.6. The van der Waals surface area contributed by atoms with Crippen molar-refractivity contribution in [2.45, 2.75) is 6.92 Å². The molecule has 0 unspecified atom stereocenters. The summed E-state index contributed by atoms with van der Waals surface area (Å²) in [6.07, 6.45) is 0. The van der Waals surface area contributed by atoms with Gasteiger partial charge < -0.3 is 10.1 Å². The molecule has 0 atom stereocenters. The van der Waals surface area contributed by atoms with Crippen molar-refractivity contribution in [1.82, 2.24) is 0 Å². The van der Waals surface area contributed by atoms with Gasteiger partial charge >= 0.3 is 0 Å². The lowest BCUT2D eigenvalue weighted by atomic mass is 10.2. The molecule has 0 saturated heterocycles. The molecule has 5 nitrogen and oxygen atoms in total. The van der Waals surface area contributed by atoms with Gasteiger partial charge in [0.15, 0.2) is 0 Å². The number of nitrogens with one attached hydrogen (secondary N) is 1. The molecule has 24 heavy (non-hydrogen) atoms. The Morgan fingerprint density at radius 2 is 1.88 bits per heavy atom. The molecule has 0 aliphatic rings. The van der Waals surface area contributed by atoms with E-state index in [1.807, 2.05) is 0 Å². The van der Waals surface area contributed by atoms with Gasteiger partial charge in [-0.3, -0.25) is 14.5 Å². The van der Waals surface area contributed by atoms with Gasteiger partial charge in [0.2, 0.25) is 11.8 Å². The summed E-state index contributed by atoms with van der Waals surface area (Å²) in [7, 11) is 1.45. The quantitative estimate of drug-likeness (QED) is 0.914. The van der Waals surface area contributed by atoms with E-state index in [9.17, 15) is 18.4 Å². The molecular formula is C17H16F2N2O3. The van der Waals surface area contributed by atoms with Crippen LogP contribution in [0.5, 0.6) is 5.75 Å². The summed E-state index contributed by atoms with van der Waals surface area (Å²) >= 11 is 0. The van der Waals surface area contributed by atoms with Crippen LogP contribution in [0.2, 0.25) is 0 Å². The van der Waals surface area contributed by atoms with Crippen LogP contribution in [0, 0.1) is 11.6 Å². The van der Waals surface area contributed by atoms with Gasteiger partial charge in [-0.15, -0.1) is 0 Å².